The van der Waals surface area contributed by atoms with Crippen molar-refractivity contribution in [2.75, 3.05) is 0 Å². The van der Waals surface area contributed by atoms with Crippen LogP contribution < -0.4 is 5.73 Å². The van der Waals surface area contributed by atoms with E-state index in [1.807, 2.05) is 30.3 Å². The van der Waals surface area contributed by atoms with E-state index < -0.39 is 0 Å². The molecule has 3 nitrogen and oxygen atoms in total. The molecule has 76 valence electrons. The summed E-state index contributed by atoms with van der Waals surface area (Å²) >= 11 is 1.54. The monoisotopic (exact) mass is 217 g/mol. The molecule has 0 saturated carbocycles. The molecule has 2 aromatic rings. The molecule has 1 aromatic carbocycles. The molecule has 2 N–H and O–H groups in total. The molecule has 0 spiro atoms. The quantitative estimate of drug-likeness (QED) is 0.800. The molecule has 0 radical (unpaired) electrons. The van der Waals surface area contributed by atoms with Crippen molar-refractivity contribution in [2.24, 2.45) is 5.73 Å². The third-order valence-electron chi connectivity index (χ3n) is 1.91. The number of benzene rings is 1. The molecule has 0 aliphatic heterocycles. The summed E-state index contributed by atoms with van der Waals surface area (Å²) in [6.45, 7) is 0.576. The Balaban J connectivity index is 2.11. The fraction of sp³-hybridized carbons (Fsp3) is 0.0909. The van der Waals surface area contributed by atoms with Crippen LogP contribution in [0.5, 0.6) is 0 Å². The van der Waals surface area contributed by atoms with Crippen LogP contribution in [0.25, 0.3) is 0 Å². The van der Waals surface area contributed by atoms with Gasteiger partial charge in [-0.25, -0.2) is 9.97 Å². The van der Waals surface area contributed by atoms with E-state index in [4.69, 9.17) is 5.73 Å². The van der Waals surface area contributed by atoms with Gasteiger partial charge in [0.2, 0.25) is 0 Å². The highest BCUT2D eigenvalue weighted by atomic mass is 32.2. The first-order valence-corrected chi connectivity index (χ1v) is 5.44. The second-order valence-corrected chi connectivity index (χ2v) is 4.02. The maximum absolute atomic E-state index is 5.52. The fourth-order valence-corrected chi connectivity index (χ4v) is 1.85. The molecule has 0 aliphatic rings. The zero-order valence-electron chi connectivity index (χ0n) is 8.13. The first kappa shape index (κ1) is 10.1. The van der Waals surface area contributed by atoms with Crippen molar-refractivity contribution < 1.29 is 0 Å². The molecular formula is C11H11N3S. The van der Waals surface area contributed by atoms with Crippen LogP contribution in [0.2, 0.25) is 0 Å². The Morgan fingerprint density at radius 1 is 1.07 bits per heavy atom. The SMILES string of the molecule is NCc1ccc(Sc2ncccn2)cc1. The molecule has 2 rings (SSSR count). The van der Waals surface area contributed by atoms with E-state index in [1.54, 1.807) is 24.2 Å². The molecule has 0 saturated heterocycles. The largest absolute Gasteiger partial charge is 0.326 e. The molecule has 0 fully saturated rings. The van der Waals surface area contributed by atoms with Crippen LogP contribution in [0.1, 0.15) is 5.56 Å². The standard InChI is InChI=1S/C11H11N3S/c12-8-9-2-4-10(5-3-9)15-11-13-6-1-7-14-11/h1-7H,8,12H2. The summed E-state index contributed by atoms with van der Waals surface area (Å²) in [6, 6.07) is 9.91. The van der Waals surface area contributed by atoms with Gasteiger partial charge in [-0.2, -0.15) is 0 Å². The number of aromatic nitrogens is 2. The molecular weight excluding hydrogens is 206 g/mol. The lowest BCUT2D eigenvalue weighted by atomic mass is 10.2. The summed E-state index contributed by atoms with van der Waals surface area (Å²) in [5.74, 6) is 0. The number of nitrogens with zero attached hydrogens (tertiary/aromatic N) is 2. The van der Waals surface area contributed by atoms with Crippen molar-refractivity contribution in [3.63, 3.8) is 0 Å². The molecule has 0 bridgehead atoms. The zero-order valence-corrected chi connectivity index (χ0v) is 8.95. The number of nitrogens with two attached hydrogens (primary N) is 1. The van der Waals surface area contributed by atoms with Gasteiger partial charge in [-0.3, -0.25) is 0 Å². The Hall–Kier alpha value is -1.39. The Kier molecular flexibility index (Phi) is 3.32. The summed E-state index contributed by atoms with van der Waals surface area (Å²) in [5, 5.41) is 0.762. The molecule has 1 aromatic heterocycles. The van der Waals surface area contributed by atoms with Gasteiger partial charge in [0.25, 0.3) is 0 Å². The molecule has 0 amide bonds. The van der Waals surface area contributed by atoms with Crippen LogP contribution in [-0.4, -0.2) is 9.97 Å². The van der Waals surface area contributed by atoms with Crippen molar-refractivity contribution in [2.45, 2.75) is 16.6 Å². The number of hydrogen-bond acceptors (Lipinski definition) is 4. The van der Waals surface area contributed by atoms with E-state index >= 15 is 0 Å². The van der Waals surface area contributed by atoms with Crippen molar-refractivity contribution in [3.05, 3.63) is 48.3 Å². The highest BCUT2D eigenvalue weighted by molar-refractivity contribution is 7.99. The lowest BCUT2D eigenvalue weighted by Gasteiger charge is -2.00. The minimum atomic E-state index is 0.576. The third-order valence-corrected chi connectivity index (χ3v) is 2.81. The second kappa shape index (κ2) is 4.91. The van der Waals surface area contributed by atoms with E-state index in [-0.39, 0.29) is 0 Å². The van der Waals surface area contributed by atoms with Gasteiger partial charge < -0.3 is 5.73 Å². The van der Waals surface area contributed by atoms with Gasteiger partial charge in [-0.1, -0.05) is 12.1 Å². The molecule has 0 unspecified atom stereocenters. The minimum absolute atomic E-state index is 0.576. The maximum Gasteiger partial charge on any atom is 0.192 e. The predicted molar refractivity (Wildman–Crippen MR) is 60.5 cm³/mol. The first-order valence-electron chi connectivity index (χ1n) is 4.62. The van der Waals surface area contributed by atoms with Crippen LogP contribution in [0, 0.1) is 0 Å². The summed E-state index contributed by atoms with van der Waals surface area (Å²) < 4.78 is 0. The lowest BCUT2D eigenvalue weighted by molar-refractivity contribution is 0.966. The van der Waals surface area contributed by atoms with Gasteiger partial charge in [0.05, 0.1) is 0 Å². The molecule has 0 atom stereocenters. The van der Waals surface area contributed by atoms with E-state index in [0.29, 0.717) is 6.54 Å². The average Bonchev–Trinajstić information content (AvgIpc) is 2.31. The highest BCUT2D eigenvalue weighted by Crippen LogP contribution is 2.23. The molecule has 15 heavy (non-hydrogen) atoms. The minimum Gasteiger partial charge on any atom is -0.326 e. The van der Waals surface area contributed by atoms with Crippen LogP contribution in [0.3, 0.4) is 0 Å². The van der Waals surface area contributed by atoms with Gasteiger partial charge in [-0.05, 0) is 35.5 Å². The second-order valence-electron chi connectivity index (χ2n) is 2.98. The van der Waals surface area contributed by atoms with E-state index in [1.165, 1.54) is 0 Å². The van der Waals surface area contributed by atoms with Crippen molar-refractivity contribution in [1.29, 1.82) is 0 Å². The zero-order chi connectivity index (χ0) is 10.5. The molecule has 0 aliphatic carbocycles. The fourth-order valence-electron chi connectivity index (χ4n) is 1.14. The van der Waals surface area contributed by atoms with E-state index in [9.17, 15) is 0 Å². The van der Waals surface area contributed by atoms with Gasteiger partial charge in [0.15, 0.2) is 5.16 Å². The normalized spacial score (nSPS) is 10.2. The van der Waals surface area contributed by atoms with Crippen LogP contribution in [-0.2, 0) is 6.54 Å². The van der Waals surface area contributed by atoms with Crippen LogP contribution in [0.15, 0.2) is 52.8 Å². The third kappa shape index (κ3) is 2.78. The van der Waals surface area contributed by atoms with Crippen molar-refractivity contribution in [3.8, 4) is 0 Å². The Morgan fingerprint density at radius 3 is 2.33 bits per heavy atom. The van der Waals surface area contributed by atoms with Gasteiger partial charge in [0.1, 0.15) is 0 Å². The number of hydrogen-bond donors (Lipinski definition) is 1. The summed E-state index contributed by atoms with van der Waals surface area (Å²) in [7, 11) is 0. The van der Waals surface area contributed by atoms with Crippen LogP contribution >= 0.6 is 11.8 Å². The summed E-state index contributed by atoms with van der Waals surface area (Å²) in [6.07, 6.45) is 3.48. The van der Waals surface area contributed by atoms with Gasteiger partial charge >= 0.3 is 0 Å². The molecule has 1 heterocycles. The predicted octanol–water partition coefficient (Wildman–Crippen LogP) is 2.09. The van der Waals surface area contributed by atoms with E-state index in [2.05, 4.69) is 9.97 Å². The Morgan fingerprint density at radius 2 is 1.73 bits per heavy atom. The van der Waals surface area contributed by atoms with Crippen molar-refractivity contribution >= 4 is 11.8 Å². The summed E-state index contributed by atoms with van der Waals surface area (Å²) in [5.41, 5.74) is 6.65. The van der Waals surface area contributed by atoms with Gasteiger partial charge in [0, 0.05) is 23.8 Å². The highest BCUT2D eigenvalue weighted by Gasteiger charge is 1.98. The van der Waals surface area contributed by atoms with E-state index in [0.717, 1.165) is 15.6 Å². The topological polar surface area (TPSA) is 51.8 Å². The molecule has 4 heteroatoms. The Labute approximate surface area is 92.8 Å². The van der Waals surface area contributed by atoms with Crippen molar-refractivity contribution in [1.82, 2.24) is 9.97 Å². The lowest BCUT2D eigenvalue weighted by Crippen LogP contribution is -1.95. The smallest absolute Gasteiger partial charge is 0.192 e. The number of rotatable bonds is 3. The average molecular weight is 217 g/mol. The van der Waals surface area contributed by atoms with Crippen LogP contribution in [0.4, 0.5) is 0 Å². The maximum atomic E-state index is 5.52. The van der Waals surface area contributed by atoms with Gasteiger partial charge in [-0.15, -0.1) is 0 Å². The first-order chi connectivity index (χ1) is 7.38. The Bertz CT molecular complexity index is 414. The summed E-state index contributed by atoms with van der Waals surface area (Å²) in [4.78, 5) is 9.41.